The second-order valence-electron chi connectivity index (χ2n) is 9.97. The monoisotopic (exact) mass is 374 g/mol. The molecule has 28 heavy (non-hydrogen) atoms. The van der Waals surface area contributed by atoms with E-state index in [1.165, 1.54) is 51.4 Å². The lowest BCUT2D eigenvalue weighted by Crippen LogP contribution is -2.42. The second-order valence-corrected chi connectivity index (χ2v) is 9.97. The first-order valence-corrected chi connectivity index (χ1v) is 11.4. The summed E-state index contributed by atoms with van der Waals surface area (Å²) >= 11 is 0. The summed E-state index contributed by atoms with van der Waals surface area (Å²) in [7, 11) is 0. The van der Waals surface area contributed by atoms with Gasteiger partial charge < -0.3 is 4.74 Å². The van der Waals surface area contributed by atoms with Gasteiger partial charge in [-0.3, -0.25) is 0 Å². The summed E-state index contributed by atoms with van der Waals surface area (Å²) in [6.45, 7) is 7.27. The largest absolute Gasteiger partial charge is 0.462 e. The fourth-order valence-electron chi connectivity index (χ4n) is 7.17. The third-order valence-corrected chi connectivity index (χ3v) is 8.63. The Kier molecular flexibility index (Phi) is 4.34. The van der Waals surface area contributed by atoms with Crippen LogP contribution in [0.3, 0.4) is 0 Å². The highest BCUT2D eigenvalue weighted by molar-refractivity contribution is 5.41. The molecule has 2 fully saturated rings. The molecule has 4 aliphatic carbocycles. The lowest BCUT2D eigenvalue weighted by atomic mass is 9.52. The zero-order chi connectivity index (χ0) is 19.4. The van der Waals surface area contributed by atoms with Crippen molar-refractivity contribution in [2.75, 3.05) is 0 Å². The standard InChI is InChI=1S/C27H34O/c1-19(28-21-10-5-4-6-11-21)23-14-15-24-22-13-12-20-9-7-8-17-26(20,2)25(22)16-18-27(23,24)3/h4-6,9-11,16,22,24H,7-8,12-15,17-18H2,1-3H3/t22-,24-,26-,27+/m0/s1. The fourth-order valence-corrected chi connectivity index (χ4v) is 7.17. The molecule has 0 radical (unpaired) electrons. The van der Waals surface area contributed by atoms with Crippen LogP contribution in [0.5, 0.6) is 5.75 Å². The second kappa shape index (κ2) is 6.65. The zero-order valence-corrected chi connectivity index (χ0v) is 17.8. The summed E-state index contributed by atoms with van der Waals surface area (Å²) in [6.07, 6.45) is 15.7. The molecular formula is C27H34O. The Bertz CT molecular complexity index is 858. The predicted octanol–water partition coefficient (Wildman–Crippen LogP) is 7.61. The van der Waals surface area contributed by atoms with E-state index in [1.54, 1.807) is 16.7 Å². The Balaban J connectivity index is 1.48. The first-order chi connectivity index (χ1) is 13.5. The van der Waals surface area contributed by atoms with E-state index in [0.717, 1.165) is 23.3 Å². The first kappa shape index (κ1) is 18.3. The molecule has 2 saturated carbocycles. The number of hydrogen-bond acceptors (Lipinski definition) is 1. The van der Waals surface area contributed by atoms with Gasteiger partial charge in [0.1, 0.15) is 11.5 Å². The molecule has 0 amide bonds. The molecule has 4 aliphatic rings. The van der Waals surface area contributed by atoms with Crippen LogP contribution >= 0.6 is 0 Å². The molecule has 0 aromatic heterocycles. The van der Waals surface area contributed by atoms with Crippen LogP contribution in [-0.4, -0.2) is 0 Å². The average Bonchev–Trinajstić information content (AvgIpc) is 3.05. The van der Waals surface area contributed by atoms with E-state index in [-0.39, 0.29) is 5.41 Å². The van der Waals surface area contributed by atoms with Crippen LogP contribution < -0.4 is 4.74 Å². The molecule has 0 heterocycles. The molecular weight excluding hydrogens is 340 g/mol. The molecule has 5 rings (SSSR count). The van der Waals surface area contributed by atoms with Crippen LogP contribution in [-0.2, 0) is 0 Å². The number of para-hydroxylation sites is 1. The van der Waals surface area contributed by atoms with Crippen LogP contribution in [0.15, 0.2) is 65.0 Å². The van der Waals surface area contributed by atoms with Crippen molar-refractivity contribution in [3.63, 3.8) is 0 Å². The number of benzene rings is 1. The van der Waals surface area contributed by atoms with E-state index in [2.05, 4.69) is 57.2 Å². The van der Waals surface area contributed by atoms with Crippen molar-refractivity contribution in [3.8, 4) is 5.75 Å². The minimum Gasteiger partial charge on any atom is -0.462 e. The molecule has 148 valence electrons. The summed E-state index contributed by atoms with van der Waals surface area (Å²) in [6, 6.07) is 10.3. The normalized spacial score (nSPS) is 38.5. The van der Waals surface area contributed by atoms with Gasteiger partial charge in [-0.25, -0.2) is 0 Å². The smallest absolute Gasteiger partial charge is 0.126 e. The SMILES string of the molecule is CC(Oc1ccccc1)=C1CC[C@H]2[C@@H]3CCC4=CCCC[C@]4(C)C3=CC[C@]12C. The minimum absolute atomic E-state index is 0.277. The quantitative estimate of drug-likeness (QED) is 0.382. The maximum atomic E-state index is 6.30. The van der Waals surface area contributed by atoms with Crippen LogP contribution in [0.25, 0.3) is 0 Å². The summed E-state index contributed by atoms with van der Waals surface area (Å²) in [4.78, 5) is 0. The zero-order valence-electron chi connectivity index (χ0n) is 17.8. The van der Waals surface area contributed by atoms with E-state index in [4.69, 9.17) is 4.74 Å². The van der Waals surface area contributed by atoms with Gasteiger partial charge in [-0.2, -0.15) is 0 Å². The van der Waals surface area contributed by atoms with Crippen molar-refractivity contribution in [3.05, 3.63) is 65.0 Å². The van der Waals surface area contributed by atoms with Gasteiger partial charge >= 0.3 is 0 Å². The molecule has 1 heteroatoms. The number of ether oxygens (including phenoxy) is 1. The summed E-state index contributed by atoms with van der Waals surface area (Å²) in [5.74, 6) is 3.68. The van der Waals surface area contributed by atoms with Gasteiger partial charge in [0.15, 0.2) is 0 Å². The number of rotatable bonds is 2. The van der Waals surface area contributed by atoms with Crippen molar-refractivity contribution in [1.82, 2.24) is 0 Å². The Labute approximate surface area is 170 Å². The number of hydrogen-bond donors (Lipinski definition) is 0. The maximum Gasteiger partial charge on any atom is 0.126 e. The van der Waals surface area contributed by atoms with Crippen LogP contribution in [0, 0.1) is 22.7 Å². The molecule has 0 saturated heterocycles. The Morgan fingerprint density at radius 1 is 1.04 bits per heavy atom. The van der Waals surface area contributed by atoms with E-state index in [1.807, 2.05) is 6.07 Å². The van der Waals surface area contributed by atoms with Crippen LogP contribution in [0.4, 0.5) is 0 Å². The van der Waals surface area contributed by atoms with E-state index < -0.39 is 0 Å². The summed E-state index contributed by atoms with van der Waals surface area (Å²) in [5.41, 5.74) is 5.77. The molecule has 1 aromatic carbocycles. The number of allylic oxidation sites excluding steroid dienone is 6. The summed E-state index contributed by atoms with van der Waals surface area (Å²) < 4.78 is 6.30. The minimum atomic E-state index is 0.277. The molecule has 1 aromatic rings. The molecule has 1 nitrogen and oxygen atoms in total. The topological polar surface area (TPSA) is 9.23 Å². The van der Waals surface area contributed by atoms with Crippen molar-refractivity contribution < 1.29 is 4.74 Å². The molecule has 0 unspecified atom stereocenters. The average molecular weight is 375 g/mol. The lowest BCUT2D eigenvalue weighted by Gasteiger charge is -2.53. The third-order valence-electron chi connectivity index (χ3n) is 8.63. The Morgan fingerprint density at radius 2 is 1.86 bits per heavy atom. The van der Waals surface area contributed by atoms with Crippen molar-refractivity contribution in [2.45, 2.75) is 72.1 Å². The van der Waals surface area contributed by atoms with Gasteiger partial charge in [0.25, 0.3) is 0 Å². The first-order valence-electron chi connectivity index (χ1n) is 11.4. The predicted molar refractivity (Wildman–Crippen MR) is 116 cm³/mol. The van der Waals surface area contributed by atoms with Gasteiger partial charge in [0, 0.05) is 5.41 Å². The molecule has 0 aliphatic heterocycles. The van der Waals surface area contributed by atoms with Crippen molar-refractivity contribution in [1.29, 1.82) is 0 Å². The van der Waals surface area contributed by atoms with Gasteiger partial charge in [-0.05, 0) is 93.2 Å². The lowest BCUT2D eigenvalue weighted by molar-refractivity contribution is 0.139. The Hall–Kier alpha value is -1.76. The molecule has 0 N–H and O–H groups in total. The molecule has 4 atom stereocenters. The highest BCUT2D eigenvalue weighted by Gasteiger charge is 2.54. The van der Waals surface area contributed by atoms with Gasteiger partial charge in [-0.1, -0.05) is 55.3 Å². The van der Waals surface area contributed by atoms with E-state index in [0.29, 0.717) is 5.41 Å². The third kappa shape index (κ3) is 2.65. The van der Waals surface area contributed by atoms with Crippen molar-refractivity contribution >= 4 is 0 Å². The number of fused-ring (bicyclic) bond motifs is 5. The molecule has 0 spiro atoms. The van der Waals surface area contributed by atoms with E-state index in [9.17, 15) is 0 Å². The highest BCUT2D eigenvalue weighted by atomic mass is 16.5. The van der Waals surface area contributed by atoms with Gasteiger partial charge in [0.2, 0.25) is 0 Å². The summed E-state index contributed by atoms with van der Waals surface area (Å²) in [5, 5.41) is 0. The van der Waals surface area contributed by atoms with Gasteiger partial charge in [0.05, 0.1) is 0 Å². The van der Waals surface area contributed by atoms with E-state index >= 15 is 0 Å². The van der Waals surface area contributed by atoms with Gasteiger partial charge in [-0.15, -0.1) is 0 Å². The van der Waals surface area contributed by atoms with Crippen LogP contribution in [0.2, 0.25) is 0 Å². The van der Waals surface area contributed by atoms with Crippen molar-refractivity contribution in [2.24, 2.45) is 22.7 Å². The fraction of sp³-hybridized carbons (Fsp3) is 0.556. The van der Waals surface area contributed by atoms with Crippen LogP contribution in [0.1, 0.15) is 72.1 Å². The highest BCUT2D eigenvalue weighted by Crippen LogP contribution is 2.64. The maximum absolute atomic E-state index is 6.30. The molecule has 0 bridgehead atoms. The Morgan fingerprint density at radius 3 is 2.68 bits per heavy atom.